The van der Waals surface area contributed by atoms with Gasteiger partial charge in [-0.1, -0.05) is 12.1 Å². The number of anilines is 1. The Kier molecular flexibility index (Phi) is 4.50. The number of rotatable bonds is 4. The lowest BCUT2D eigenvalue weighted by atomic mass is 10.1. The van der Waals surface area contributed by atoms with E-state index < -0.39 is 9.84 Å². The van der Waals surface area contributed by atoms with E-state index >= 15 is 0 Å². The lowest BCUT2D eigenvalue weighted by Gasteiger charge is -2.28. The summed E-state index contributed by atoms with van der Waals surface area (Å²) in [5.74, 6) is 0.622. The standard InChI is InChI=1S/C16H24N2O2S/c19-21(20)11-8-15(13-21)17-12-14-4-6-16(7-5-14)18-9-2-1-3-10-18/h4-7,15,17H,1-3,8-13H2. The van der Waals surface area contributed by atoms with Gasteiger partial charge in [-0.2, -0.15) is 0 Å². The molecule has 0 saturated carbocycles. The van der Waals surface area contributed by atoms with Crippen LogP contribution < -0.4 is 10.2 Å². The van der Waals surface area contributed by atoms with Crippen molar-refractivity contribution in [2.24, 2.45) is 0 Å². The third-order valence-corrected chi connectivity index (χ3v) is 6.25. The van der Waals surface area contributed by atoms with E-state index in [-0.39, 0.29) is 6.04 Å². The molecule has 1 aromatic carbocycles. The van der Waals surface area contributed by atoms with Crippen LogP contribution in [0.4, 0.5) is 5.69 Å². The average molecular weight is 308 g/mol. The Bertz CT molecular complexity index is 562. The third-order valence-electron chi connectivity index (χ3n) is 4.48. The van der Waals surface area contributed by atoms with Gasteiger partial charge in [0.05, 0.1) is 11.5 Å². The van der Waals surface area contributed by atoms with Crippen LogP contribution in [0.2, 0.25) is 0 Å². The summed E-state index contributed by atoms with van der Waals surface area (Å²) in [4.78, 5) is 2.45. The van der Waals surface area contributed by atoms with Gasteiger partial charge in [0.15, 0.2) is 9.84 Å². The minimum atomic E-state index is -2.79. The maximum atomic E-state index is 11.4. The van der Waals surface area contributed by atoms with Crippen molar-refractivity contribution in [2.75, 3.05) is 29.5 Å². The summed E-state index contributed by atoms with van der Waals surface area (Å²) in [6.45, 7) is 3.08. The van der Waals surface area contributed by atoms with Crippen molar-refractivity contribution in [3.05, 3.63) is 29.8 Å². The summed E-state index contributed by atoms with van der Waals surface area (Å²) in [6, 6.07) is 8.80. The van der Waals surface area contributed by atoms with Crippen molar-refractivity contribution >= 4 is 15.5 Å². The highest BCUT2D eigenvalue weighted by molar-refractivity contribution is 7.91. The monoisotopic (exact) mass is 308 g/mol. The molecule has 3 rings (SSSR count). The summed E-state index contributed by atoms with van der Waals surface area (Å²) in [5, 5.41) is 3.36. The molecular weight excluding hydrogens is 284 g/mol. The molecule has 2 heterocycles. The highest BCUT2D eigenvalue weighted by atomic mass is 32.2. The van der Waals surface area contributed by atoms with E-state index in [4.69, 9.17) is 0 Å². The zero-order valence-corrected chi connectivity index (χ0v) is 13.2. The van der Waals surface area contributed by atoms with Gasteiger partial charge in [-0.05, 0) is 43.4 Å². The van der Waals surface area contributed by atoms with Gasteiger partial charge in [0.1, 0.15) is 0 Å². The van der Waals surface area contributed by atoms with Crippen molar-refractivity contribution in [1.29, 1.82) is 0 Å². The first kappa shape index (κ1) is 14.9. The molecule has 0 aromatic heterocycles. The van der Waals surface area contributed by atoms with E-state index in [1.165, 1.54) is 30.5 Å². The van der Waals surface area contributed by atoms with Crippen LogP contribution in [0.15, 0.2) is 24.3 Å². The van der Waals surface area contributed by atoms with Crippen molar-refractivity contribution < 1.29 is 8.42 Å². The molecule has 21 heavy (non-hydrogen) atoms. The molecule has 5 heteroatoms. The number of nitrogens with zero attached hydrogens (tertiary/aromatic N) is 1. The number of nitrogens with one attached hydrogen (secondary N) is 1. The first-order valence-corrected chi connectivity index (χ1v) is 9.72. The van der Waals surface area contributed by atoms with Gasteiger partial charge in [0.2, 0.25) is 0 Å². The highest BCUT2D eigenvalue weighted by Crippen LogP contribution is 2.20. The molecule has 1 unspecified atom stereocenters. The molecule has 2 fully saturated rings. The molecule has 0 bridgehead atoms. The second kappa shape index (κ2) is 6.36. The van der Waals surface area contributed by atoms with Crippen LogP contribution in [-0.4, -0.2) is 39.1 Å². The van der Waals surface area contributed by atoms with Gasteiger partial charge in [-0.25, -0.2) is 8.42 Å². The highest BCUT2D eigenvalue weighted by Gasteiger charge is 2.27. The van der Waals surface area contributed by atoms with Crippen LogP contribution in [0.1, 0.15) is 31.2 Å². The van der Waals surface area contributed by atoms with Crippen molar-refractivity contribution in [1.82, 2.24) is 5.32 Å². The Morgan fingerprint density at radius 2 is 1.81 bits per heavy atom. The summed E-state index contributed by atoms with van der Waals surface area (Å²) >= 11 is 0. The zero-order valence-electron chi connectivity index (χ0n) is 12.4. The van der Waals surface area contributed by atoms with Gasteiger partial charge < -0.3 is 10.2 Å². The molecule has 0 radical (unpaired) electrons. The smallest absolute Gasteiger partial charge is 0.151 e. The van der Waals surface area contributed by atoms with Crippen LogP contribution in [0.3, 0.4) is 0 Å². The second-order valence-electron chi connectivity index (χ2n) is 6.20. The number of benzene rings is 1. The maximum absolute atomic E-state index is 11.4. The normalized spacial score (nSPS) is 25.1. The summed E-state index contributed by atoms with van der Waals surface area (Å²) < 4.78 is 22.9. The van der Waals surface area contributed by atoms with E-state index in [9.17, 15) is 8.42 Å². The second-order valence-corrected chi connectivity index (χ2v) is 8.42. The lowest BCUT2D eigenvalue weighted by Crippen LogP contribution is -2.30. The summed E-state index contributed by atoms with van der Waals surface area (Å²) in [6.07, 6.45) is 4.68. The van der Waals surface area contributed by atoms with Crippen LogP contribution in [-0.2, 0) is 16.4 Å². The predicted octanol–water partition coefficient (Wildman–Crippen LogP) is 1.95. The fourth-order valence-electron chi connectivity index (χ4n) is 3.19. The van der Waals surface area contributed by atoms with Crippen LogP contribution in [0.5, 0.6) is 0 Å². The summed E-state index contributed by atoms with van der Waals surface area (Å²) in [5.41, 5.74) is 2.53. The van der Waals surface area contributed by atoms with E-state index in [1.807, 2.05) is 0 Å². The van der Waals surface area contributed by atoms with Gasteiger partial charge >= 0.3 is 0 Å². The third kappa shape index (κ3) is 3.98. The molecule has 2 aliphatic heterocycles. The Morgan fingerprint density at radius 1 is 1.10 bits per heavy atom. The van der Waals surface area contributed by atoms with Gasteiger partial charge in [-0.15, -0.1) is 0 Å². The number of hydrogen-bond donors (Lipinski definition) is 1. The van der Waals surface area contributed by atoms with Crippen molar-refractivity contribution in [3.63, 3.8) is 0 Å². The largest absolute Gasteiger partial charge is 0.372 e. The van der Waals surface area contributed by atoms with E-state index in [0.717, 1.165) is 26.1 Å². The Balaban J connectivity index is 1.52. The van der Waals surface area contributed by atoms with E-state index in [2.05, 4.69) is 34.5 Å². The van der Waals surface area contributed by atoms with E-state index in [1.54, 1.807) is 0 Å². The molecule has 2 aliphatic rings. The molecule has 0 aliphatic carbocycles. The molecule has 4 nitrogen and oxygen atoms in total. The molecule has 1 N–H and O–H groups in total. The minimum absolute atomic E-state index is 0.122. The molecule has 1 aromatic rings. The average Bonchev–Trinajstić information content (AvgIpc) is 2.86. The maximum Gasteiger partial charge on any atom is 0.151 e. The van der Waals surface area contributed by atoms with Crippen LogP contribution >= 0.6 is 0 Å². The number of hydrogen-bond acceptors (Lipinski definition) is 4. The molecule has 116 valence electrons. The fraction of sp³-hybridized carbons (Fsp3) is 0.625. The molecule has 0 amide bonds. The minimum Gasteiger partial charge on any atom is -0.372 e. The van der Waals surface area contributed by atoms with Gasteiger partial charge in [-0.3, -0.25) is 0 Å². The number of piperidine rings is 1. The van der Waals surface area contributed by atoms with Crippen molar-refractivity contribution in [3.8, 4) is 0 Å². The SMILES string of the molecule is O=S1(=O)CCC(NCc2ccc(N3CCCCC3)cc2)C1. The Hall–Kier alpha value is -1.07. The molecule has 1 atom stereocenters. The summed E-state index contributed by atoms with van der Waals surface area (Å²) in [7, 11) is -2.79. The van der Waals surface area contributed by atoms with Crippen LogP contribution in [0, 0.1) is 0 Å². The van der Waals surface area contributed by atoms with E-state index in [0.29, 0.717) is 11.5 Å². The van der Waals surface area contributed by atoms with Crippen LogP contribution in [0.25, 0.3) is 0 Å². The lowest BCUT2D eigenvalue weighted by molar-refractivity contribution is 0.554. The predicted molar refractivity (Wildman–Crippen MR) is 86.4 cm³/mol. The molecular formula is C16H24N2O2S. The first-order valence-electron chi connectivity index (χ1n) is 7.90. The fourth-order valence-corrected chi connectivity index (χ4v) is 4.90. The van der Waals surface area contributed by atoms with Gasteiger partial charge in [0.25, 0.3) is 0 Å². The molecule has 0 spiro atoms. The van der Waals surface area contributed by atoms with Gasteiger partial charge in [0, 0.05) is 31.4 Å². The first-order chi connectivity index (χ1) is 10.1. The zero-order chi connectivity index (χ0) is 14.7. The Labute approximate surface area is 127 Å². The number of sulfone groups is 1. The topological polar surface area (TPSA) is 49.4 Å². The quantitative estimate of drug-likeness (QED) is 0.924. The molecule has 2 saturated heterocycles. The Morgan fingerprint density at radius 3 is 2.43 bits per heavy atom. The van der Waals surface area contributed by atoms with Crippen molar-refractivity contribution in [2.45, 2.75) is 38.3 Å².